The zero-order valence-electron chi connectivity index (χ0n) is 87.1. The van der Waals surface area contributed by atoms with Crippen LogP contribution in [0.25, 0.3) is 0 Å². The number of rotatable bonds is 15. The van der Waals surface area contributed by atoms with E-state index in [-0.39, 0.29) is 45.4 Å². The van der Waals surface area contributed by atoms with Gasteiger partial charge in [0.1, 0.15) is 46.6 Å². The van der Waals surface area contributed by atoms with Crippen LogP contribution >= 0.6 is 0 Å². The lowest BCUT2D eigenvalue weighted by Crippen LogP contribution is -2.32. The maximum atomic E-state index is 11.2. The number of carbonyl (C=O) groups excluding carboxylic acids is 6. The second kappa shape index (κ2) is 75.3. The number of aryl methyl sites for hydroxylation is 17. The summed E-state index contributed by atoms with van der Waals surface area (Å²) in [6.07, 6.45) is 15.4. The summed E-state index contributed by atoms with van der Waals surface area (Å²) in [5.74, 6) is 4.44. The molecule has 11 heterocycles. The number of nitrogens with one attached hydrogen (secondary N) is 6. The van der Waals surface area contributed by atoms with Gasteiger partial charge in [-0.05, 0) is 182 Å². The highest BCUT2D eigenvalue weighted by Gasteiger charge is 2.39. The second-order valence-electron chi connectivity index (χ2n) is 29.7. The molecule has 31 heteroatoms. The Morgan fingerprint density at radius 2 is 0.687 bits per heavy atom. The lowest BCUT2D eigenvalue weighted by atomic mass is 10.1. The molecule has 14 rings (SSSR count). The summed E-state index contributed by atoms with van der Waals surface area (Å²) in [6, 6.07) is 37.4. The Labute approximate surface area is 804 Å². The van der Waals surface area contributed by atoms with Crippen molar-refractivity contribution in [2.75, 3.05) is 91.2 Å². The van der Waals surface area contributed by atoms with Crippen LogP contribution in [0.15, 0.2) is 146 Å². The van der Waals surface area contributed by atoms with E-state index < -0.39 is 35.6 Å². The fourth-order valence-corrected chi connectivity index (χ4v) is 9.90. The Hall–Kier alpha value is -13.2. The molecule has 0 spiro atoms. The van der Waals surface area contributed by atoms with Crippen molar-refractivity contribution in [3.63, 3.8) is 0 Å². The molecule has 3 aromatic carbocycles. The zero-order valence-corrected chi connectivity index (χ0v) is 87.1. The van der Waals surface area contributed by atoms with Crippen LogP contribution in [0.4, 0.5) is 40.6 Å². The van der Waals surface area contributed by atoms with E-state index in [1.165, 1.54) is 46.3 Å². The minimum atomic E-state index is -0.573. The molecule has 31 nitrogen and oxygen atoms in total. The van der Waals surface area contributed by atoms with Crippen LogP contribution in [0.2, 0.25) is 0 Å². The van der Waals surface area contributed by atoms with Gasteiger partial charge >= 0.3 is 11.9 Å². The highest BCUT2D eigenvalue weighted by molar-refractivity contribution is 6.03. The zero-order chi connectivity index (χ0) is 102. The van der Waals surface area contributed by atoms with Gasteiger partial charge in [0.2, 0.25) is 11.9 Å². The SMILES string of the molecule is C.CC.CC.CCC.CCC.CCC(=O)ON1C(=O)CC(C)C1=O.CCC(=O)ON1C(=O)CCC1=O.CCN1C=C1.CCNc1cc(C)nc(C)c1.CCNc1cc(C)nc(C)n1.CCNc1nc(C)nc(C)n1.CN1C=C1.CNc1cc(C)nc(C)c1.CNc1cc(C)nc(C)n1.CNc1nc(C)nc(C)n1.Cc1ccc(C)cc1.Cc1ccc(C)cc1.Cc1ccc(N2C=C2)cc1. The highest BCUT2D eigenvalue weighted by atomic mass is 16.7. The Morgan fingerprint density at radius 3 is 0.970 bits per heavy atom. The van der Waals surface area contributed by atoms with Gasteiger partial charge in [-0.25, -0.2) is 39.5 Å². The molecule has 5 aliphatic heterocycles. The fraction of sp³-hybridized carbons (Fsp3) is 0.476. The number of carbonyl (C=O) groups is 6. The van der Waals surface area contributed by atoms with Gasteiger partial charge < -0.3 is 56.3 Å². The first kappa shape index (κ1) is 127. The average Bonchev–Trinajstić information content (AvgIpc) is 1.69. The van der Waals surface area contributed by atoms with Crippen LogP contribution in [0.3, 0.4) is 0 Å². The van der Waals surface area contributed by atoms with Gasteiger partial charge in [0.25, 0.3) is 23.6 Å². The van der Waals surface area contributed by atoms with E-state index >= 15 is 0 Å². The first-order valence-electron chi connectivity index (χ1n) is 45.9. The minimum Gasteiger partial charge on any atom is -0.388 e. The number of imide groups is 2. The largest absolute Gasteiger partial charge is 0.388 e. The molecule has 6 aromatic heterocycles. The molecule has 9 aromatic rings. The smallest absolute Gasteiger partial charge is 0.332 e. The van der Waals surface area contributed by atoms with Gasteiger partial charge in [0.15, 0.2) is 0 Å². The highest BCUT2D eigenvalue weighted by Crippen LogP contribution is 2.23. The van der Waals surface area contributed by atoms with Crippen LogP contribution in [-0.4, -0.2) is 170 Å². The molecule has 0 bridgehead atoms. The van der Waals surface area contributed by atoms with E-state index in [0.717, 1.165) is 118 Å². The number of hydrogen-bond acceptors (Lipinski definition) is 29. The van der Waals surface area contributed by atoms with Crippen LogP contribution in [0.5, 0.6) is 0 Å². The molecule has 5 aliphatic rings. The number of anilines is 7. The Kier molecular flexibility index (Phi) is 71.4. The molecule has 2 saturated heterocycles. The summed E-state index contributed by atoms with van der Waals surface area (Å²) >= 11 is 0. The van der Waals surface area contributed by atoms with Crippen molar-refractivity contribution in [3.05, 3.63) is 243 Å². The standard InChI is InChI=1S/C9H14N2.C9H9N.C8H13N3.C8H12N2.C8H11NO4.2C8H10.C7H12N4.C7H11N3.C7H9NO4.C6H10N4.C4H7N.C3H5N.2C3H8.2C2H6.CH4/c1-4-10-9-5-7(2)11-8(3)6-9;1-8-2-4-9(5-3-8)10-6-7-10;1-4-9-8-5-6(2)10-7(3)11-8;1-6-4-8(9-3)5-7(2)10-6;1-3-7(11)13-9-6(10)4-5(2)8(9)12;2*1-7-3-5-8(2)6-4-7;1-4-8-7-10-5(2)9-6(3)11-7;1-5-4-7(8-3)10-6(2)9-5;1-2-7(11)12-8-5(9)3-4-6(8)10;1-4-8-5(2)10-6(7-3)9-4;1-2-5-3-4-5;1-4-2-3-4;2*1-3-2;2*1-2;/h5-6H,4H2,1-3H3,(H,10,11);2-7H,1H3;5H,4H2,1-3H3,(H,9,10,11);4-5H,1-3H3,(H,9,10);5H,3-4H2,1-2H3;2*3-6H,1-2H3;4H2,1-3H3,(H,8,9,10,11);4H,1-3H3,(H,8,9,10);2-4H2,1H3;1-3H3,(H,7,8,9,10);3-4H,2H2,1H3;2-3H,1H3;2*3H2,1-2H3;2*1-2H3;1H4. The number of pyridine rings is 2. The van der Waals surface area contributed by atoms with Gasteiger partial charge in [0, 0.05) is 193 Å². The quantitative estimate of drug-likeness (QED) is 0.0519. The van der Waals surface area contributed by atoms with Crippen LogP contribution in [0.1, 0.15) is 253 Å². The van der Waals surface area contributed by atoms with Crippen LogP contribution in [-0.2, 0) is 38.4 Å². The van der Waals surface area contributed by atoms with Gasteiger partial charge in [-0.1, -0.05) is 185 Å². The number of amides is 4. The van der Waals surface area contributed by atoms with Gasteiger partial charge in [-0.15, -0.1) is 10.1 Å². The first-order valence-corrected chi connectivity index (χ1v) is 45.9. The third-order valence-electron chi connectivity index (χ3n) is 16.2. The maximum Gasteiger partial charge on any atom is 0.332 e. The molecular weight excluding hydrogens is 1690 g/mol. The van der Waals surface area contributed by atoms with Crippen LogP contribution in [0, 0.1) is 124 Å². The van der Waals surface area contributed by atoms with Crippen LogP contribution < -0.4 is 36.8 Å². The molecule has 2 fully saturated rings. The average molecular weight is 1850 g/mol. The predicted molar refractivity (Wildman–Crippen MR) is 554 cm³/mol. The normalized spacial score (nSPS) is 11.9. The summed E-state index contributed by atoms with van der Waals surface area (Å²) in [4.78, 5) is 130. The summed E-state index contributed by atoms with van der Waals surface area (Å²) < 4.78 is 0. The molecular formula is C103H165N23O8. The third-order valence-corrected chi connectivity index (χ3v) is 16.2. The lowest BCUT2D eigenvalue weighted by Gasteiger charge is -2.11. The van der Waals surface area contributed by atoms with Crippen molar-refractivity contribution in [1.82, 2.24) is 79.7 Å². The number of aromatic nitrogens is 12. The van der Waals surface area contributed by atoms with E-state index in [1.807, 2.05) is 200 Å². The lowest BCUT2D eigenvalue weighted by molar-refractivity contribution is -0.197. The predicted octanol–water partition coefficient (Wildman–Crippen LogP) is 21.8. The van der Waals surface area contributed by atoms with Crippen molar-refractivity contribution in [1.29, 1.82) is 0 Å². The number of hydroxylamine groups is 4. The van der Waals surface area contributed by atoms with E-state index in [1.54, 1.807) is 27.8 Å². The van der Waals surface area contributed by atoms with Crippen molar-refractivity contribution in [2.24, 2.45) is 5.92 Å². The molecule has 0 saturated carbocycles. The number of hydrogen-bond donors (Lipinski definition) is 6. The molecule has 6 N–H and O–H groups in total. The van der Waals surface area contributed by atoms with Crippen molar-refractivity contribution < 1.29 is 38.4 Å². The maximum absolute atomic E-state index is 11.2. The molecule has 0 radical (unpaired) electrons. The number of benzene rings is 3. The van der Waals surface area contributed by atoms with Crippen molar-refractivity contribution in [2.45, 2.75) is 274 Å². The first-order chi connectivity index (χ1) is 63.1. The Bertz CT molecular complexity index is 4370. The second-order valence-corrected chi connectivity index (χ2v) is 29.7. The van der Waals surface area contributed by atoms with E-state index in [4.69, 9.17) is 0 Å². The minimum absolute atomic E-state index is 0. The number of nitrogens with zero attached hydrogens (tertiary/aromatic N) is 17. The molecule has 4 amide bonds. The summed E-state index contributed by atoms with van der Waals surface area (Å²) in [5, 5.41) is 19.4. The summed E-state index contributed by atoms with van der Waals surface area (Å²) in [6.45, 7) is 67.0. The van der Waals surface area contributed by atoms with E-state index in [2.05, 4.69) is 285 Å². The molecule has 0 aliphatic carbocycles. The summed E-state index contributed by atoms with van der Waals surface area (Å²) in [5.41, 5.74) is 16.4. The van der Waals surface area contributed by atoms with Gasteiger partial charge in [-0.3, -0.25) is 29.1 Å². The third kappa shape index (κ3) is 64.5. The van der Waals surface area contributed by atoms with E-state index in [9.17, 15) is 28.8 Å². The molecule has 1 unspecified atom stereocenters. The van der Waals surface area contributed by atoms with Crippen molar-refractivity contribution in [3.8, 4) is 0 Å². The molecule has 740 valence electrons. The molecule has 1 atom stereocenters. The van der Waals surface area contributed by atoms with Gasteiger partial charge in [0.05, 0.1) is 0 Å². The topological polar surface area (TPSA) is 363 Å². The Morgan fingerprint density at radius 1 is 0.366 bits per heavy atom. The fourth-order valence-electron chi connectivity index (χ4n) is 9.90. The van der Waals surface area contributed by atoms with E-state index in [0.29, 0.717) is 22.0 Å². The Balaban J connectivity index is -0.000000681. The monoisotopic (exact) mass is 1850 g/mol. The van der Waals surface area contributed by atoms with Crippen molar-refractivity contribution >= 4 is 76.2 Å². The van der Waals surface area contributed by atoms with Gasteiger partial charge in [-0.2, -0.15) is 19.9 Å². The summed E-state index contributed by atoms with van der Waals surface area (Å²) in [7, 11) is 7.55. The molecule has 134 heavy (non-hydrogen) atoms.